The Kier molecular flexibility index (Phi) is 5.29. The van der Waals surface area contributed by atoms with Crippen LogP contribution in [0, 0.1) is 0 Å². The summed E-state index contributed by atoms with van der Waals surface area (Å²) in [5, 5.41) is 7.22. The molecule has 1 aliphatic rings. The zero-order valence-electron chi connectivity index (χ0n) is 17.1. The van der Waals surface area contributed by atoms with Gasteiger partial charge in [-0.25, -0.2) is 0 Å². The van der Waals surface area contributed by atoms with Crippen LogP contribution in [0.5, 0.6) is 5.75 Å². The number of para-hydroxylation sites is 2. The summed E-state index contributed by atoms with van der Waals surface area (Å²) in [6, 6.07) is 22.4. The maximum absolute atomic E-state index is 13.2. The summed E-state index contributed by atoms with van der Waals surface area (Å²) in [7, 11) is 0. The molecule has 0 unspecified atom stereocenters. The minimum absolute atomic E-state index is 0.123. The summed E-state index contributed by atoms with van der Waals surface area (Å²) < 4.78 is 7.78. The number of amides is 2. The van der Waals surface area contributed by atoms with Crippen molar-refractivity contribution in [1.82, 2.24) is 9.88 Å². The molecule has 1 aromatic heterocycles. The van der Waals surface area contributed by atoms with Crippen molar-refractivity contribution >= 4 is 40.0 Å². The summed E-state index contributed by atoms with van der Waals surface area (Å²) in [5.74, 6) is 0.229. The molecule has 0 fully saturated rings. The summed E-state index contributed by atoms with van der Waals surface area (Å²) in [6.07, 6.45) is 0. The monoisotopic (exact) mass is 445 g/mol. The second-order valence-corrected chi connectivity index (χ2v) is 7.93. The quantitative estimate of drug-likeness (QED) is 0.444. The second-order valence-electron chi connectivity index (χ2n) is 7.53. The number of carbonyl (C=O) groups is 2. The highest BCUT2D eigenvalue weighted by Gasteiger charge is 2.20. The molecule has 2 amide bonds. The second kappa shape index (κ2) is 8.40. The van der Waals surface area contributed by atoms with Crippen LogP contribution < -0.4 is 15.4 Å². The zero-order chi connectivity index (χ0) is 22.1. The predicted molar refractivity (Wildman–Crippen MR) is 124 cm³/mol. The van der Waals surface area contributed by atoms with E-state index in [-0.39, 0.29) is 11.8 Å². The summed E-state index contributed by atoms with van der Waals surface area (Å²) in [6.45, 7) is 1.33. The molecule has 0 saturated carbocycles. The van der Waals surface area contributed by atoms with E-state index in [9.17, 15) is 9.59 Å². The topological polar surface area (TPSA) is 72.4 Å². The molecule has 7 heteroatoms. The first-order valence-corrected chi connectivity index (χ1v) is 10.7. The number of fused-ring (bicyclic) bond motifs is 2. The van der Waals surface area contributed by atoms with E-state index < -0.39 is 0 Å². The Bertz CT molecular complexity index is 1350. The average molecular weight is 446 g/mol. The minimum atomic E-state index is -0.253. The molecule has 2 N–H and O–H groups in total. The number of halogens is 1. The molecule has 0 bridgehead atoms. The number of anilines is 1. The van der Waals surface area contributed by atoms with Crippen LogP contribution in [0.15, 0.2) is 72.8 Å². The van der Waals surface area contributed by atoms with E-state index >= 15 is 0 Å². The summed E-state index contributed by atoms with van der Waals surface area (Å²) >= 11 is 6.18. The fourth-order valence-corrected chi connectivity index (χ4v) is 4.12. The standard InChI is InChI=1S/C25H20ClN3O3/c26-20-6-2-4-8-23(20)32-12-11-29-21-7-3-1-5-16(21)13-22(29)25(31)28-18-10-9-17-15-27-24(30)19(17)14-18/h1-10,13-14H,11-12,15H2,(H,27,30)(H,28,31). The lowest BCUT2D eigenvalue weighted by Gasteiger charge is -2.13. The van der Waals surface area contributed by atoms with Gasteiger partial charge in [0.05, 0.1) is 11.6 Å². The van der Waals surface area contributed by atoms with Gasteiger partial charge in [-0.15, -0.1) is 0 Å². The first-order chi connectivity index (χ1) is 15.6. The molecular formula is C25H20ClN3O3. The van der Waals surface area contributed by atoms with Crippen LogP contribution in [-0.2, 0) is 13.1 Å². The molecule has 3 aromatic carbocycles. The van der Waals surface area contributed by atoms with Gasteiger partial charge in [0.25, 0.3) is 11.8 Å². The summed E-state index contributed by atoms with van der Waals surface area (Å²) in [4.78, 5) is 25.1. The molecule has 32 heavy (non-hydrogen) atoms. The number of ether oxygens (including phenoxy) is 1. The Balaban J connectivity index is 1.39. The Hall–Kier alpha value is -3.77. The van der Waals surface area contributed by atoms with Gasteiger partial charge >= 0.3 is 0 Å². The third-order valence-electron chi connectivity index (χ3n) is 5.50. The third-order valence-corrected chi connectivity index (χ3v) is 5.82. The number of hydrogen-bond donors (Lipinski definition) is 2. The third kappa shape index (κ3) is 3.81. The van der Waals surface area contributed by atoms with Crippen molar-refractivity contribution in [2.75, 3.05) is 11.9 Å². The van der Waals surface area contributed by atoms with Gasteiger partial charge in [0.1, 0.15) is 18.1 Å². The fourth-order valence-electron chi connectivity index (χ4n) is 3.93. The molecule has 1 aliphatic heterocycles. The Morgan fingerprint density at radius 1 is 1.06 bits per heavy atom. The molecular weight excluding hydrogens is 426 g/mol. The van der Waals surface area contributed by atoms with Crippen LogP contribution in [0.1, 0.15) is 26.4 Å². The molecule has 0 atom stereocenters. The number of benzene rings is 3. The average Bonchev–Trinajstić information content (AvgIpc) is 3.36. The highest BCUT2D eigenvalue weighted by molar-refractivity contribution is 6.32. The normalized spacial score (nSPS) is 12.5. The van der Waals surface area contributed by atoms with Crippen LogP contribution >= 0.6 is 11.6 Å². The molecule has 160 valence electrons. The van der Waals surface area contributed by atoms with Crippen molar-refractivity contribution in [3.63, 3.8) is 0 Å². The van der Waals surface area contributed by atoms with E-state index in [1.165, 1.54) is 0 Å². The molecule has 0 spiro atoms. The Labute approximate surface area is 189 Å². The van der Waals surface area contributed by atoms with Gasteiger partial charge in [-0.3, -0.25) is 9.59 Å². The van der Waals surface area contributed by atoms with E-state index in [1.807, 2.05) is 65.2 Å². The molecule has 2 heterocycles. The van der Waals surface area contributed by atoms with Crippen molar-refractivity contribution < 1.29 is 14.3 Å². The molecule has 4 aromatic rings. The van der Waals surface area contributed by atoms with Crippen LogP contribution in [-0.4, -0.2) is 23.0 Å². The van der Waals surface area contributed by atoms with Crippen molar-refractivity contribution in [1.29, 1.82) is 0 Å². The van der Waals surface area contributed by atoms with Crippen LogP contribution in [0.2, 0.25) is 5.02 Å². The summed E-state index contributed by atoms with van der Waals surface area (Å²) in [5.41, 5.74) is 3.55. The lowest BCUT2D eigenvalue weighted by molar-refractivity contribution is 0.0963. The van der Waals surface area contributed by atoms with Gasteiger partial charge in [-0.2, -0.15) is 0 Å². The van der Waals surface area contributed by atoms with E-state index in [0.717, 1.165) is 16.5 Å². The van der Waals surface area contributed by atoms with Crippen molar-refractivity contribution in [2.24, 2.45) is 0 Å². The highest BCUT2D eigenvalue weighted by Crippen LogP contribution is 2.25. The maximum atomic E-state index is 13.2. The van der Waals surface area contributed by atoms with Gasteiger partial charge in [0.2, 0.25) is 0 Å². The van der Waals surface area contributed by atoms with Crippen LogP contribution in [0.3, 0.4) is 0 Å². The van der Waals surface area contributed by atoms with Crippen molar-refractivity contribution in [3.05, 3.63) is 94.6 Å². The number of nitrogens with one attached hydrogen (secondary N) is 2. The van der Waals surface area contributed by atoms with Crippen LogP contribution in [0.25, 0.3) is 10.9 Å². The Morgan fingerprint density at radius 2 is 1.88 bits per heavy atom. The minimum Gasteiger partial charge on any atom is -0.490 e. The molecule has 0 aliphatic carbocycles. The smallest absolute Gasteiger partial charge is 0.272 e. The molecule has 6 nitrogen and oxygen atoms in total. The SMILES string of the molecule is O=C1NCc2ccc(NC(=O)c3cc4ccccc4n3CCOc3ccccc3Cl)cc21. The van der Waals surface area contributed by atoms with Gasteiger partial charge in [-0.05, 0) is 42.0 Å². The Morgan fingerprint density at radius 3 is 2.75 bits per heavy atom. The highest BCUT2D eigenvalue weighted by atomic mass is 35.5. The van der Waals surface area contributed by atoms with Gasteiger partial charge in [0, 0.05) is 28.7 Å². The molecule has 5 rings (SSSR count). The number of aromatic nitrogens is 1. The lowest BCUT2D eigenvalue weighted by atomic mass is 10.1. The van der Waals surface area contributed by atoms with Crippen molar-refractivity contribution in [3.8, 4) is 5.75 Å². The van der Waals surface area contributed by atoms with Crippen LogP contribution in [0.4, 0.5) is 5.69 Å². The zero-order valence-corrected chi connectivity index (χ0v) is 17.9. The first kappa shape index (κ1) is 20.2. The fraction of sp³-hybridized carbons (Fsp3) is 0.120. The number of rotatable bonds is 6. The van der Waals surface area contributed by atoms with E-state index in [0.29, 0.717) is 47.4 Å². The molecule has 0 radical (unpaired) electrons. The number of carbonyl (C=O) groups excluding carboxylic acids is 2. The van der Waals surface area contributed by atoms with Crippen molar-refractivity contribution in [2.45, 2.75) is 13.1 Å². The number of hydrogen-bond acceptors (Lipinski definition) is 3. The predicted octanol–water partition coefficient (Wildman–Crippen LogP) is 4.87. The maximum Gasteiger partial charge on any atom is 0.272 e. The van der Waals surface area contributed by atoms with E-state index in [2.05, 4.69) is 10.6 Å². The first-order valence-electron chi connectivity index (χ1n) is 10.3. The van der Waals surface area contributed by atoms with E-state index in [4.69, 9.17) is 16.3 Å². The molecule has 0 saturated heterocycles. The van der Waals surface area contributed by atoms with Gasteiger partial charge in [0.15, 0.2) is 0 Å². The largest absolute Gasteiger partial charge is 0.490 e. The number of nitrogens with zero attached hydrogens (tertiary/aromatic N) is 1. The lowest BCUT2D eigenvalue weighted by Crippen LogP contribution is -2.19. The van der Waals surface area contributed by atoms with Gasteiger partial charge < -0.3 is 19.9 Å². The van der Waals surface area contributed by atoms with E-state index in [1.54, 1.807) is 12.1 Å². The van der Waals surface area contributed by atoms with Gasteiger partial charge in [-0.1, -0.05) is 48.0 Å².